The molecule has 0 aliphatic carbocycles. The molecule has 2 aromatic carbocycles. The van der Waals surface area contributed by atoms with Crippen LogP contribution in [-0.4, -0.2) is 34.3 Å². The molecule has 1 saturated heterocycles. The fourth-order valence-corrected chi connectivity index (χ4v) is 5.28. The van der Waals surface area contributed by atoms with E-state index in [1.807, 2.05) is 71.3 Å². The SMILES string of the molecule is CC(C)SCCN1C(=O)C(CC(=O)NSc2ccccc2)CCC1c1ccc(Cl)cc1. The highest BCUT2D eigenvalue weighted by molar-refractivity contribution is 7.99. The minimum atomic E-state index is -0.274. The zero-order valence-corrected chi connectivity index (χ0v) is 20.3. The van der Waals surface area contributed by atoms with Crippen molar-refractivity contribution < 1.29 is 9.59 Å². The quantitative estimate of drug-likeness (QED) is 0.452. The minimum absolute atomic E-state index is 0.0375. The standard InChI is InChI=1S/C24H29ClN2O2S2/c1-17(2)30-15-14-27-22(18-8-11-20(25)12-9-18)13-10-19(24(27)29)16-23(28)26-31-21-6-4-3-5-7-21/h3-9,11-12,17,19,22H,10,13-16H2,1-2H3,(H,26,28). The summed E-state index contributed by atoms with van der Waals surface area (Å²) in [6.45, 7) is 5.01. The highest BCUT2D eigenvalue weighted by atomic mass is 35.5. The van der Waals surface area contributed by atoms with Crippen LogP contribution in [0.3, 0.4) is 0 Å². The van der Waals surface area contributed by atoms with E-state index in [-0.39, 0.29) is 30.2 Å². The number of rotatable bonds is 9. The van der Waals surface area contributed by atoms with Crippen molar-refractivity contribution in [3.05, 3.63) is 65.2 Å². The first-order chi connectivity index (χ1) is 14.9. The summed E-state index contributed by atoms with van der Waals surface area (Å²) >= 11 is 9.20. The van der Waals surface area contributed by atoms with Crippen molar-refractivity contribution in [2.24, 2.45) is 5.92 Å². The number of hydrogen-bond acceptors (Lipinski definition) is 4. The van der Waals surface area contributed by atoms with E-state index in [2.05, 4.69) is 18.6 Å². The van der Waals surface area contributed by atoms with Crippen LogP contribution < -0.4 is 4.72 Å². The number of amides is 2. The maximum absolute atomic E-state index is 13.4. The summed E-state index contributed by atoms with van der Waals surface area (Å²) < 4.78 is 2.88. The lowest BCUT2D eigenvalue weighted by atomic mass is 9.86. The van der Waals surface area contributed by atoms with Crippen LogP contribution in [0.4, 0.5) is 0 Å². The zero-order chi connectivity index (χ0) is 22.2. The average molecular weight is 477 g/mol. The Morgan fingerprint density at radius 3 is 2.52 bits per heavy atom. The normalized spacial score (nSPS) is 19.0. The van der Waals surface area contributed by atoms with Crippen LogP contribution in [0.1, 0.15) is 44.7 Å². The fourth-order valence-electron chi connectivity index (χ4n) is 3.77. The molecule has 1 aliphatic heterocycles. The molecule has 3 rings (SSSR count). The molecule has 7 heteroatoms. The van der Waals surface area contributed by atoms with Gasteiger partial charge in [-0.05, 0) is 59.9 Å². The number of likely N-dealkylation sites (tertiary alicyclic amines) is 1. The summed E-state index contributed by atoms with van der Waals surface area (Å²) in [5.74, 6) is 0.587. The summed E-state index contributed by atoms with van der Waals surface area (Å²) in [6.07, 6.45) is 1.78. The van der Waals surface area contributed by atoms with E-state index in [4.69, 9.17) is 11.6 Å². The first-order valence-corrected chi connectivity index (χ1v) is 12.9. The molecule has 0 saturated carbocycles. The molecule has 1 N–H and O–H groups in total. The van der Waals surface area contributed by atoms with E-state index in [0.717, 1.165) is 22.6 Å². The van der Waals surface area contributed by atoms with Crippen LogP contribution in [0.25, 0.3) is 0 Å². The van der Waals surface area contributed by atoms with Crippen LogP contribution in [0.2, 0.25) is 5.02 Å². The predicted molar refractivity (Wildman–Crippen MR) is 131 cm³/mol. The molecule has 2 atom stereocenters. The number of carbonyl (C=O) groups excluding carboxylic acids is 2. The van der Waals surface area contributed by atoms with Gasteiger partial charge in [0.05, 0.1) is 6.04 Å². The van der Waals surface area contributed by atoms with Crippen LogP contribution in [-0.2, 0) is 9.59 Å². The van der Waals surface area contributed by atoms with Gasteiger partial charge in [-0.15, -0.1) is 0 Å². The van der Waals surface area contributed by atoms with Gasteiger partial charge in [-0.1, -0.05) is 55.8 Å². The predicted octanol–water partition coefficient (Wildman–Crippen LogP) is 5.97. The second-order valence-corrected chi connectivity index (χ2v) is 10.9. The molecule has 0 bridgehead atoms. The lowest BCUT2D eigenvalue weighted by Crippen LogP contribution is -2.45. The van der Waals surface area contributed by atoms with Gasteiger partial charge in [-0.25, -0.2) is 0 Å². The van der Waals surface area contributed by atoms with Crippen LogP contribution in [0.5, 0.6) is 0 Å². The van der Waals surface area contributed by atoms with E-state index in [1.54, 1.807) is 0 Å². The summed E-state index contributed by atoms with van der Waals surface area (Å²) in [5, 5.41) is 1.21. The Morgan fingerprint density at radius 1 is 1.13 bits per heavy atom. The summed E-state index contributed by atoms with van der Waals surface area (Å²) in [4.78, 5) is 28.8. The van der Waals surface area contributed by atoms with E-state index in [0.29, 0.717) is 23.2 Å². The molecule has 2 amide bonds. The first kappa shape index (κ1) is 24.0. The molecule has 0 spiro atoms. The van der Waals surface area contributed by atoms with E-state index in [1.165, 1.54) is 11.9 Å². The van der Waals surface area contributed by atoms with Gasteiger partial charge in [0.25, 0.3) is 0 Å². The third kappa shape index (κ3) is 7.19. The van der Waals surface area contributed by atoms with Gasteiger partial charge in [0.2, 0.25) is 11.8 Å². The zero-order valence-electron chi connectivity index (χ0n) is 17.9. The first-order valence-electron chi connectivity index (χ1n) is 10.6. The Hall–Kier alpha value is -1.63. The Balaban J connectivity index is 1.64. The van der Waals surface area contributed by atoms with Gasteiger partial charge in [0, 0.05) is 34.6 Å². The van der Waals surface area contributed by atoms with Gasteiger partial charge in [0.1, 0.15) is 0 Å². The van der Waals surface area contributed by atoms with Crippen LogP contribution in [0.15, 0.2) is 59.5 Å². The number of nitrogens with zero attached hydrogens (tertiary/aromatic N) is 1. The molecule has 166 valence electrons. The lowest BCUT2D eigenvalue weighted by Gasteiger charge is -2.39. The van der Waals surface area contributed by atoms with Crippen molar-refractivity contribution >= 4 is 47.1 Å². The second kappa shape index (κ2) is 11.8. The Kier molecular flexibility index (Phi) is 9.17. The number of halogens is 1. The van der Waals surface area contributed by atoms with Gasteiger partial charge in [0.15, 0.2) is 0 Å². The number of thioether (sulfide) groups is 1. The third-order valence-corrected chi connectivity index (χ3v) is 7.47. The van der Waals surface area contributed by atoms with Crippen molar-refractivity contribution in [1.82, 2.24) is 9.62 Å². The smallest absolute Gasteiger partial charge is 0.230 e. The van der Waals surface area contributed by atoms with Crippen LogP contribution >= 0.6 is 35.3 Å². The maximum atomic E-state index is 13.4. The van der Waals surface area contributed by atoms with E-state index < -0.39 is 0 Å². The van der Waals surface area contributed by atoms with Gasteiger partial charge in [-0.3, -0.25) is 14.3 Å². The number of hydrogen-bond donors (Lipinski definition) is 1. The molecule has 2 unspecified atom stereocenters. The molecule has 0 radical (unpaired) electrons. The second-order valence-electron chi connectivity index (χ2n) is 7.94. The van der Waals surface area contributed by atoms with Crippen LogP contribution in [0, 0.1) is 5.92 Å². The Morgan fingerprint density at radius 2 is 1.84 bits per heavy atom. The lowest BCUT2D eigenvalue weighted by molar-refractivity contribution is -0.144. The fraction of sp³-hybridized carbons (Fsp3) is 0.417. The van der Waals surface area contributed by atoms with Crippen molar-refractivity contribution in [3.8, 4) is 0 Å². The number of nitrogens with one attached hydrogen (secondary N) is 1. The van der Waals surface area contributed by atoms with Crippen molar-refractivity contribution in [1.29, 1.82) is 0 Å². The number of piperidine rings is 1. The number of benzene rings is 2. The van der Waals surface area contributed by atoms with Gasteiger partial charge in [-0.2, -0.15) is 11.8 Å². The van der Waals surface area contributed by atoms with E-state index in [9.17, 15) is 9.59 Å². The van der Waals surface area contributed by atoms with Gasteiger partial charge >= 0.3 is 0 Å². The minimum Gasteiger partial charge on any atom is -0.335 e. The molecule has 31 heavy (non-hydrogen) atoms. The monoisotopic (exact) mass is 476 g/mol. The number of carbonyl (C=O) groups is 2. The molecule has 1 fully saturated rings. The topological polar surface area (TPSA) is 49.4 Å². The Bertz CT molecular complexity index is 862. The van der Waals surface area contributed by atoms with Crippen molar-refractivity contribution in [2.75, 3.05) is 12.3 Å². The van der Waals surface area contributed by atoms with Gasteiger partial charge < -0.3 is 4.90 Å². The average Bonchev–Trinajstić information content (AvgIpc) is 2.76. The Labute approximate surface area is 198 Å². The van der Waals surface area contributed by atoms with Crippen molar-refractivity contribution in [2.45, 2.75) is 49.3 Å². The van der Waals surface area contributed by atoms with E-state index >= 15 is 0 Å². The highest BCUT2D eigenvalue weighted by Gasteiger charge is 2.36. The third-order valence-electron chi connectivity index (χ3n) is 5.29. The summed E-state index contributed by atoms with van der Waals surface area (Å²) in [5.41, 5.74) is 1.11. The molecule has 1 heterocycles. The maximum Gasteiger partial charge on any atom is 0.230 e. The largest absolute Gasteiger partial charge is 0.335 e. The molecular weight excluding hydrogens is 448 g/mol. The molecule has 0 aromatic heterocycles. The summed E-state index contributed by atoms with van der Waals surface area (Å²) in [7, 11) is 0. The molecular formula is C24H29ClN2O2S2. The van der Waals surface area contributed by atoms with Crippen molar-refractivity contribution in [3.63, 3.8) is 0 Å². The molecule has 2 aromatic rings. The summed E-state index contributed by atoms with van der Waals surface area (Å²) in [6, 6.07) is 17.5. The molecule has 4 nitrogen and oxygen atoms in total. The highest BCUT2D eigenvalue weighted by Crippen LogP contribution is 2.36. The molecule has 1 aliphatic rings.